The van der Waals surface area contributed by atoms with Crippen molar-refractivity contribution in [3.8, 4) is 0 Å². The molecule has 1 heterocycles. The predicted octanol–water partition coefficient (Wildman–Crippen LogP) is 2.45. The molecule has 1 saturated heterocycles. The minimum absolute atomic E-state index is 0.145. The molecule has 0 bridgehead atoms. The summed E-state index contributed by atoms with van der Waals surface area (Å²) >= 11 is 12.0. The molecule has 0 aliphatic carbocycles. The van der Waals surface area contributed by atoms with E-state index in [1.807, 2.05) is 12.1 Å². The monoisotopic (exact) mass is 330 g/mol. The lowest BCUT2D eigenvalue weighted by Crippen LogP contribution is -2.46. The average molecular weight is 331 g/mol. The molecule has 2 rings (SSSR count). The van der Waals surface area contributed by atoms with Gasteiger partial charge >= 0.3 is 0 Å². The van der Waals surface area contributed by atoms with Crippen LogP contribution in [0.4, 0.5) is 0 Å². The van der Waals surface area contributed by atoms with E-state index in [2.05, 4.69) is 10.2 Å². The van der Waals surface area contributed by atoms with Crippen molar-refractivity contribution in [2.45, 2.75) is 38.5 Å². The van der Waals surface area contributed by atoms with Crippen LogP contribution in [0.25, 0.3) is 0 Å². The first-order valence-corrected chi connectivity index (χ1v) is 7.85. The molecule has 1 aromatic rings. The number of hydrogen-bond acceptors (Lipinski definition) is 3. The SMILES string of the molecule is C[C@H](O)C(=O)NC1CCN(Cc2cc(Cl)cc(Cl)c2)CC1. The third kappa shape index (κ3) is 5.15. The maximum atomic E-state index is 11.5. The van der Waals surface area contributed by atoms with Gasteiger partial charge in [0, 0.05) is 35.7 Å². The van der Waals surface area contributed by atoms with E-state index in [0.29, 0.717) is 10.0 Å². The minimum Gasteiger partial charge on any atom is -0.384 e. The molecule has 6 heteroatoms. The van der Waals surface area contributed by atoms with Crippen LogP contribution in [0, 0.1) is 0 Å². The molecule has 0 radical (unpaired) electrons. The number of carbonyl (C=O) groups is 1. The Hall–Kier alpha value is -0.810. The van der Waals surface area contributed by atoms with Crippen LogP contribution in [0.1, 0.15) is 25.3 Å². The highest BCUT2D eigenvalue weighted by atomic mass is 35.5. The van der Waals surface area contributed by atoms with Crippen molar-refractivity contribution < 1.29 is 9.90 Å². The quantitative estimate of drug-likeness (QED) is 0.891. The Balaban J connectivity index is 1.82. The summed E-state index contributed by atoms with van der Waals surface area (Å²) in [6.07, 6.45) is 0.816. The van der Waals surface area contributed by atoms with E-state index in [-0.39, 0.29) is 11.9 Å². The molecular formula is C15H20Cl2N2O2. The number of amides is 1. The molecule has 1 aliphatic rings. The Morgan fingerprint density at radius 1 is 1.33 bits per heavy atom. The average Bonchev–Trinajstić information content (AvgIpc) is 2.39. The summed E-state index contributed by atoms with van der Waals surface area (Å²) in [5, 5.41) is 13.4. The summed E-state index contributed by atoms with van der Waals surface area (Å²) in [6, 6.07) is 5.72. The highest BCUT2D eigenvalue weighted by molar-refractivity contribution is 6.34. The summed E-state index contributed by atoms with van der Waals surface area (Å²) in [5.74, 6) is -0.296. The van der Waals surface area contributed by atoms with E-state index in [9.17, 15) is 9.90 Å². The van der Waals surface area contributed by atoms with Gasteiger partial charge in [0.1, 0.15) is 6.10 Å². The Morgan fingerprint density at radius 3 is 2.43 bits per heavy atom. The van der Waals surface area contributed by atoms with Crippen molar-refractivity contribution in [1.82, 2.24) is 10.2 Å². The van der Waals surface area contributed by atoms with Gasteiger partial charge in [-0.1, -0.05) is 23.2 Å². The normalized spacial score (nSPS) is 18.5. The maximum absolute atomic E-state index is 11.5. The van der Waals surface area contributed by atoms with Gasteiger partial charge in [-0.15, -0.1) is 0 Å². The molecule has 1 aliphatic heterocycles. The summed E-state index contributed by atoms with van der Waals surface area (Å²) in [5.41, 5.74) is 1.10. The third-order valence-electron chi connectivity index (χ3n) is 3.64. The van der Waals surface area contributed by atoms with Gasteiger partial charge < -0.3 is 10.4 Å². The van der Waals surface area contributed by atoms with Crippen LogP contribution in [0.3, 0.4) is 0 Å². The largest absolute Gasteiger partial charge is 0.384 e. The second kappa shape index (κ2) is 7.45. The van der Waals surface area contributed by atoms with Crippen LogP contribution in [0.5, 0.6) is 0 Å². The van der Waals surface area contributed by atoms with Gasteiger partial charge in [-0.2, -0.15) is 0 Å². The van der Waals surface area contributed by atoms with Crippen molar-refractivity contribution >= 4 is 29.1 Å². The Labute approximate surface area is 135 Å². The number of nitrogens with one attached hydrogen (secondary N) is 1. The lowest BCUT2D eigenvalue weighted by molar-refractivity contribution is -0.129. The van der Waals surface area contributed by atoms with Gasteiger partial charge in [0.2, 0.25) is 5.91 Å². The van der Waals surface area contributed by atoms with Crippen molar-refractivity contribution in [2.24, 2.45) is 0 Å². The molecule has 4 nitrogen and oxygen atoms in total. The highest BCUT2D eigenvalue weighted by Crippen LogP contribution is 2.21. The van der Waals surface area contributed by atoms with Crippen LogP contribution >= 0.6 is 23.2 Å². The molecule has 0 aromatic heterocycles. The van der Waals surface area contributed by atoms with Gasteiger partial charge in [0.15, 0.2) is 0 Å². The fourth-order valence-corrected chi connectivity index (χ4v) is 3.09. The van der Waals surface area contributed by atoms with Crippen molar-refractivity contribution in [1.29, 1.82) is 0 Å². The number of likely N-dealkylation sites (tertiary alicyclic amines) is 1. The number of nitrogens with zero attached hydrogens (tertiary/aromatic N) is 1. The fourth-order valence-electron chi connectivity index (χ4n) is 2.52. The summed E-state index contributed by atoms with van der Waals surface area (Å²) in [4.78, 5) is 13.8. The lowest BCUT2D eigenvalue weighted by Gasteiger charge is -2.32. The van der Waals surface area contributed by atoms with Gasteiger partial charge in [0.05, 0.1) is 0 Å². The molecule has 0 spiro atoms. The maximum Gasteiger partial charge on any atom is 0.248 e. The van der Waals surface area contributed by atoms with Crippen LogP contribution < -0.4 is 5.32 Å². The van der Waals surface area contributed by atoms with E-state index >= 15 is 0 Å². The number of carbonyl (C=O) groups excluding carboxylic acids is 1. The smallest absolute Gasteiger partial charge is 0.248 e. The molecule has 21 heavy (non-hydrogen) atoms. The van der Waals surface area contributed by atoms with Crippen molar-refractivity contribution in [3.05, 3.63) is 33.8 Å². The Morgan fingerprint density at radius 2 is 1.90 bits per heavy atom. The molecule has 0 saturated carbocycles. The summed E-state index contributed by atoms with van der Waals surface area (Å²) in [7, 11) is 0. The number of aliphatic hydroxyl groups excluding tert-OH is 1. The Kier molecular flexibility index (Phi) is 5.88. The van der Waals surface area contributed by atoms with E-state index in [0.717, 1.165) is 38.0 Å². The van der Waals surface area contributed by atoms with E-state index in [4.69, 9.17) is 23.2 Å². The lowest BCUT2D eigenvalue weighted by atomic mass is 10.0. The van der Waals surface area contributed by atoms with Crippen LogP contribution in [0.2, 0.25) is 10.0 Å². The molecule has 116 valence electrons. The molecular weight excluding hydrogens is 311 g/mol. The zero-order valence-corrected chi connectivity index (χ0v) is 13.5. The minimum atomic E-state index is -0.948. The van der Waals surface area contributed by atoms with Gasteiger partial charge in [-0.25, -0.2) is 0 Å². The van der Waals surface area contributed by atoms with Gasteiger partial charge in [-0.3, -0.25) is 9.69 Å². The molecule has 1 aromatic carbocycles. The molecule has 1 atom stereocenters. The number of hydrogen-bond donors (Lipinski definition) is 2. The van der Waals surface area contributed by atoms with E-state index in [1.165, 1.54) is 6.92 Å². The molecule has 1 amide bonds. The molecule has 0 unspecified atom stereocenters. The standard InChI is InChI=1S/C15H20Cl2N2O2/c1-10(20)15(21)18-14-2-4-19(5-3-14)9-11-6-12(16)8-13(17)7-11/h6-8,10,14,20H,2-5,9H2,1H3,(H,18,21)/t10-/m0/s1. The third-order valence-corrected chi connectivity index (χ3v) is 4.08. The number of piperidine rings is 1. The van der Waals surface area contributed by atoms with Crippen LogP contribution in [-0.2, 0) is 11.3 Å². The second-order valence-corrected chi connectivity index (χ2v) is 6.39. The first-order valence-electron chi connectivity index (χ1n) is 7.10. The zero-order valence-electron chi connectivity index (χ0n) is 12.0. The van der Waals surface area contributed by atoms with Crippen LogP contribution in [0.15, 0.2) is 18.2 Å². The Bertz CT molecular complexity index is 480. The number of aliphatic hydroxyl groups is 1. The number of rotatable bonds is 4. The van der Waals surface area contributed by atoms with Gasteiger partial charge in [0.25, 0.3) is 0 Å². The summed E-state index contributed by atoms with van der Waals surface area (Å²) < 4.78 is 0. The van der Waals surface area contributed by atoms with Crippen molar-refractivity contribution in [3.63, 3.8) is 0 Å². The van der Waals surface area contributed by atoms with E-state index < -0.39 is 6.10 Å². The highest BCUT2D eigenvalue weighted by Gasteiger charge is 2.22. The number of benzene rings is 1. The van der Waals surface area contributed by atoms with Gasteiger partial charge in [-0.05, 0) is 43.5 Å². The van der Waals surface area contributed by atoms with Crippen LogP contribution in [-0.4, -0.2) is 41.1 Å². The second-order valence-electron chi connectivity index (χ2n) is 5.51. The number of halogens is 2. The zero-order chi connectivity index (χ0) is 15.4. The van der Waals surface area contributed by atoms with E-state index in [1.54, 1.807) is 6.07 Å². The first-order chi connectivity index (χ1) is 9.94. The summed E-state index contributed by atoms with van der Waals surface area (Å²) in [6.45, 7) is 4.08. The molecule has 1 fully saturated rings. The first kappa shape index (κ1) is 16.6. The van der Waals surface area contributed by atoms with Crippen molar-refractivity contribution in [2.75, 3.05) is 13.1 Å². The molecule has 2 N–H and O–H groups in total. The predicted molar refractivity (Wildman–Crippen MR) is 84.6 cm³/mol. The fraction of sp³-hybridized carbons (Fsp3) is 0.533. The topological polar surface area (TPSA) is 52.6 Å².